The van der Waals surface area contributed by atoms with Crippen LogP contribution in [0.2, 0.25) is 5.02 Å². The zero-order valence-corrected chi connectivity index (χ0v) is 19.7. The molecule has 0 unspecified atom stereocenters. The van der Waals surface area contributed by atoms with Gasteiger partial charge in [-0.2, -0.15) is 0 Å². The van der Waals surface area contributed by atoms with Crippen molar-refractivity contribution in [3.05, 3.63) is 58.1 Å². The van der Waals surface area contributed by atoms with E-state index < -0.39 is 33.9 Å². The fraction of sp³-hybridized carbons (Fsp3) is 0.286. The van der Waals surface area contributed by atoms with Crippen molar-refractivity contribution in [3.8, 4) is 0 Å². The number of benzene rings is 2. The molecule has 0 radical (unpaired) electrons. The van der Waals surface area contributed by atoms with Gasteiger partial charge in [0, 0.05) is 5.02 Å². The maximum absolute atomic E-state index is 13.1. The molecule has 9 nitrogen and oxygen atoms in total. The smallest absolute Gasteiger partial charge is 0.339 e. The van der Waals surface area contributed by atoms with Gasteiger partial charge in [-0.05, 0) is 49.7 Å². The molecule has 0 heterocycles. The average molecular weight is 483 g/mol. The third-order valence-corrected chi connectivity index (χ3v) is 6.06. The Hall–Kier alpha value is -3.11. The fourth-order valence-electron chi connectivity index (χ4n) is 3.02. The zero-order valence-electron chi connectivity index (χ0n) is 18.1. The number of ether oxygens (including phenoxy) is 2. The summed E-state index contributed by atoms with van der Waals surface area (Å²) in [5, 5.41) is 2.81. The van der Waals surface area contributed by atoms with Crippen molar-refractivity contribution in [3.63, 3.8) is 0 Å². The number of carbonyl (C=O) groups excluding carboxylic acids is 3. The monoisotopic (exact) mass is 482 g/mol. The number of amides is 1. The van der Waals surface area contributed by atoms with E-state index in [0.29, 0.717) is 10.6 Å². The molecule has 11 heteroatoms. The van der Waals surface area contributed by atoms with Crippen molar-refractivity contribution >= 4 is 50.8 Å². The summed E-state index contributed by atoms with van der Waals surface area (Å²) in [7, 11) is -1.55. The first-order chi connectivity index (χ1) is 14.9. The molecule has 0 saturated heterocycles. The normalized spacial score (nSPS) is 11.9. The summed E-state index contributed by atoms with van der Waals surface area (Å²) >= 11 is 6.04. The molecule has 32 heavy (non-hydrogen) atoms. The largest absolute Gasteiger partial charge is 0.465 e. The van der Waals surface area contributed by atoms with E-state index in [1.807, 2.05) is 0 Å². The van der Waals surface area contributed by atoms with Crippen LogP contribution in [0.15, 0.2) is 36.4 Å². The van der Waals surface area contributed by atoms with Crippen molar-refractivity contribution in [2.24, 2.45) is 0 Å². The Morgan fingerprint density at radius 1 is 1.03 bits per heavy atom. The number of rotatable bonds is 7. The first-order valence-corrected chi connectivity index (χ1v) is 11.5. The molecule has 2 rings (SSSR count). The molecule has 1 amide bonds. The molecular weight excluding hydrogens is 460 g/mol. The maximum atomic E-state index is 13.1. The lowest BCUT2D eigenvalue weighted by molar-refractivity contribution is -0.116. The maximum Gasteiger partial charge on any atom is 0.339 e. The third kappa shape index (κ3) is 5.57. The van der Waals surface area contributed by atoms with Crippen molar-refractivity contribution < 1.29 is 32.3 Å². The van der Waals surface area contributed by atoms with E-state index in [4.69, 9.17) is 16.3 Å². The molecule has 0 fully saturated rings. The van der Waals surface area contributed by atoms with Crippen molar-refractivity contribution in [1.29, 1.82) is 0 Å². The number of nitrogens with one attached hydrogen (secondary N) is 1. The zero-order chi connectivity index (χ0) is 24.2. The Bertz CT molecular complexity index is 1160. The fourth-order valence-corrected chi connectivity index (χ4v) is 4.41. The second-order valence-corrected chi connectivity index (χ2v) is 9.19. The van der Waals surface area contributed by atoms with E-state index in [0.717, 1.165) is 17.7 Å². The van der Waals surface area contributed by atoms with Gasteiger partial charge in [0.15, 0.2) is 0 Å². The number of aryl methyl sites for hydroxylation is 1. The van der Waals surface area contributed by atoms with Crippen LogP contribution >= 0.6 is 11.6 Å². The number of sulfonamides is 1. The minimum Gasteiger partial charge on any atom is -0.465 e. The van der Waals surface area contributed by atoms with E-state index in [9.17, 15) is 22.8 Å². The second kappa shape index (κ2) is 10.0. The van der Waals surface area contributed by atoms with Gasteiger partial charge in [-0.15, -0.1) is 0 Å². The lowest BCUT2D eigenvalue weighted by atomic mass is 10.1. The highest BCUT2D eigenvalue weighted by molar-refractivity contribution is 7.92. The summed E-state index contributed by atoms with van der Waals surface area (Å²) in [6.45, 7) is 3.07. The summed E-state index contributed by atoms with van der Waals surface area (Å²) in [5.41, 5.74) is 0.841. The van der Waals surface area contributed by atoms with Gasteiger partial charge >= 0.3 is 11.9 Å². The van der Waals surface area contributed by atoms with E-state index in [1.165, 1.54) is 38.3 Å². The van der Waals surface area contributed by atoms with Gasteiger partial charge in [0.1, 0.15) is 6.04 Å². The first kappa shape index (κ1) is 25.2. The highest BCUT2D eigenvalue weighted by Gasteiger charge is 2.31. The molecule has 0 spiro atoms. The second-order valence-electron chi connectivity index (χ2n) is 6.90. The average Bonchev–Trinajstić information content (AvgIpc) is 2.74. The molecule has 0 bridgehead atoms. The Balaban J connectivity index is 2.50. The molecule has 1 atom stereocenters. The van der Waals surface area contributed by atoms with Gasteiger partial charge < -0.3 is 14.8 Å². The molecule has 2 aromatic rings. The van der Waals surface area contributed by atoms with Crippen molar-refractivity contribution in [1.82, 2.24) is 0 Å². The summed E-state index contributed by atoms with van der Waals surface area (Å²) in [6, 6.07) is 7.34. The van der Waals surface area contributed by atoms with Crippen LogP contribution in [0.5, 0.6) is 0 Å². The number of halogens is 1. The van der Waals surface area contributed by atoms with Gasteiger partial charge in [-0.25, -0.2) is 18.0 Å². The lowest BCUT2D eigenvalue weighted by Crippen LogP contribution is -2.45. The van der Waals surface area contributed by atoms with Crippen molar-refractivity contribution in [2.75, 3.05) is 30.1 Å². The molecule has 0 aliphatic heterocycles. The Morgan fingerprint density at radius 2 is 1.66 bits per heavy atom. The minimum absolute atomic E-state index is 0.0226. The van der Waals surface area contributed by atoms with Crippen LogP contribution in [0, 0.1) is 6.92 Å². The summed E-state index contributed by atoms with van der Waals surface area (Å²) < 4.78 is 35.5. The predicted octanol–water partition coefficient (Wildman–Crippen LogP) is 3.01. The van der Waals surface area contributed by atoms with Crippen LogP contribution in [0.3, 0.4) is 0 Å². The Labute approximate surface area is 191 Å². The van der Waals surface area contributed by atoms with Crippen LogP contribution < -0.4 is 9.62 Å². The number of anilines is 2. The Morgan fingerprint density at radius 3 is 2.22 bits per heavy atom. The molecule has 172 valence electrons. The number of esters is 2. The first-order valence-electron chi connectivity index (χ1n) is 9.27. The summed E-state index contributed by atoms with van der Waals surface area (Å²) in [6.07, 6.45) is 0.967. The van der Waals surface area contributed by atoms with Crippen LogP contribution in [0.25, 0.3) is 0 Å². The van der Waals surface area contributed by atoms with Crippen LogP contribution in [0.1, 0.15) is 33.2 Å². The highest BCUT2D eigenvalue weighted by atomic mass is 35.5. The number of hydrogen-bond donors (Lipinski definition) is 1. The van der Waals surface area contributed by atoms with Gasteiger partial charge in [0.05, 0.1) is 43.0 Å². The molecule has 0 saturated carbocycles. The number of methoxy groups -OCH3 is 2. The highest BCUT2D eigenvalue weighted by Crippen LogP contribution is 2.29. The lowest BCUT2D eigenvalue weighted by Gasteiger charge is -2.29. The topological polar surface area (TPSA) is 119 Å². The Kier molecular flexibility index (Phi) is 7.87. The minimum atomic E-state index is -3.90. The van der Waals surface area contributed by atoms with Crippen LogP contribution in [-0.4, -0.2) is 52.8 Å². The molecular formula is C21H23ClN2O7S. The summed E-state index contributed by atoms with van der Waals surface area (Å²) in [4.78, 5) is 37.1. The third-order valence-electron chi connectivity index (χ3n) is 4.60. The van der Waals surface area contributed by atoms with E-state index in [1.54, 1.807) is 19.1 Å². The van der Waals surface area contributed by atoms with Gasteiger partial charge in [-0.3, -0.25) is 9.10 Å². The van der Waals surface area contributed by atoms with Gasteiger partial charge in [0.2, 0.25) is 15.9 Å². The van der Waals surface area contributed by atoms with Crippen LogP contribution in [-0.2, 0) is 24.3 Å². The molecule has 0 aliphatic carbocycles. The number of hydrogen-bond acceptors (Lipinski definition) is 7. The quantitative estimate of drug-likeness (QED) is 0.602. The van der Waals surface area contributed by atoms with Gasteiger partial charge in [-0.1, -0.05) is 17.7 Å². The standard InChI is InChI=1S/C21H23ClN2O7S/c1-12-6-8-15(22)11-18(12)24(32(5,28)29)13(2)19(25)23-17-10-14(20(26)30-3)7-9-16(17)21(27)31-4/h6-11,13H,1-5H3,(H,23,25)/t13-/m1/s1. The van der Waals surface area contributed by atoms with E-state index >= 15 is 0 Å². The van der Waals surface area contributed by atoms with E-state index in [2.05, 4.69) is 10.1 Å². The molecule has 0 aromatic heterocycles. The predicted molar refractivity (Wildman–Crippen MR) is 121 cm³/mol. The molecule has 1 N–H and O–H groups in total. The molecule has 0 aliphatic rings. The summed E-state index contributed by atoms with van der Waals surface area (Å²) in [5.74, 6) is -2.19. The van der Waals surface area contributed by atoms with Crippen LogP contribution in [0.4, 0.5) is 11.4 Å². The number of carbonyl (C=O) groups is 3. The van der Waals surface area contributed by atoms with E-state index in [-0.39, 0.29) is 22.5 Å². The SMILES string of the molecule is COC(=O)c1ccc(C(=O)OC)c(NC(=O)[C@@H](C)N(c2cc(Cl)ccc2C)S(C)(=O)=O)c1. The molecule has 2 aromatic carbocycles. The number of nitrogens with zero attached hydrogens (tertiary/aromatic N) is 1. The van der Waals surface area contributed by atoms with Crippen molar-refractivity contribution in [2.45, 2.75) is 19.9 Å². The van der Waals surface area contributed by atoms with Gasteiger partial charge in [0.25, 0.3) is 0 Å².